The van der Waals surface area contributed by atoms with Gasteiger partial charge in [-0.3, -0.25) is 4.79 Å². The molecule has 1 atom stereocenters. The first-order valence-corrected chi connectivity index (χ1v) is 11.3. The summed E-state index contributed by atoms with van der Waals surface area (Å²) in [7, 11) is 3.14. The van der Waals surface area contributed by atoms with E-state index in [9.17, 15) is 9.18 Å². The molecule has 5 rings (SSSR count). The summed E-state index contributed by atoms with van der Waals surface area (Å²) in [6.07, 6.45) is 0. The third-order valence-electron chi connectivity index (χ3n) is 5.97. The number of aromatic nitrogens is 3. The molecule has 9 heteroatoms. The molecule has 0 radical (unpaired) electrons. The lowest BCUT2D eigenvalue weighted by Crippen LogP contribution is -2.31. The van der Waals surface area contributed by atoms with Gasteiger partial charge in [0.1, 0.15) is 23.4 Å². The van der Waals surface area contributed by atoms with Crippen LogP contribution in [0.5, 0.6) is 11.5 Å². The highest BCUT2D eigenvalue weighted by Gasteiger charge is 2.36. The van der Waals surface area contributed by atoms with Crippen LogP contribution in [0.1, 0.15) is 18.5 Å². The molecule has 36 heavy (non-hydrogen) atoms. The third-order valence-corrected chi connectivity index (χ3v) is 5.97. The summed E-state index contributed by atoms with van der Waals surface area (Å²) < 4.78 is 26.2. The van der Waals surface area contributed by atoms with E-state index in [1.54, 1.807) is 43.2 Å². The first-order valence-electron chi connectivity index (χ1n) is 11.3. The number of carbonyl (C=O) groups is 1. The Morgan fingerprint density at radius 1 is 1.03 bits per heavy atom. The summed E-state index contributed by atoms with van der Waals surface area (Å²) in [5.41, 5.74) is 3.09. The number of carbonyl (C=O) groups excluding carboxylic acids is 1. The number of hydrogen-bond donors (Lipinski definition) is 2. The number of hydrogen-bond acceptors (Lipinski definition) is 6. The zero-order valence-electron chi connectivity index (χ0n) is 19.9. The monoisotopic (exact) mass is 485 g/mol. The lowest BCUT2D eigenvalue weighted by molar-refractivity contribution is -0.113. The smallest absolute Gasteiger partial charge is 0.255 e. The van der Waals surface area contributed by atoms with Crippen LogP contribution in [-0.2, 0) is 4.79 Å². The quantitative estimate of drug-likeness (QED) is 0.398. The van der Waals surface area contributed by atoms with Crippen molar-refractivity contribution in [1.29, 1.82) is 0 Å². The topological polar surface area (TPSA) is 90.3 Å². The molecule has 0 bridgehead atoms. The van der Waals surface area contributed by atoms with E-state index in [0.717, 1.165) is 0 Å². The van der Waals surface area contributed by atoms with Crippen LogP contribution in [0.25, 0.3) is 11.4 Å². The van der Waals surface area contributed by atoms with Gasteiger partial charge in [0, 0.05) is 28.6 Å². The standard InChI is InChI=1S/C27H24FN5O3/c1-16-23(26(34)30-19-7-5-4-6-8-19)24(21-14-13-20(35-2)15-22(21)36-3)33-27(29-16)31-25(32-33)17-9-11-18(28)12-10-17/h4-15,24H,1-3H3,(H,30,34)(H,29,31,32). The van der Waals surface area contributed by atoms with Gasteiger partial charge in [0.05, 0.1) is 19.8 Å². The third kappa shape index (κ3) is 4.26. The molecule has 1 aliphatic rings. The molecule has 2 N–H and O–H groups in total. The van der Waals surface area contributed by atoms with Crippen LogP contribution in [-0.4, -0.2) is 34.9 Å². The number of nitrogens with one attached hydrogen (secondary N) is 2. The molecule has 3 aromatic carbocycles. The van der Waals surface area contributed by atoms with E-state index in [-0.39, 0.29) is 11.7 Å². The number of rotatable bonds is 6. The summed E-state index contributed by atoms with van der Waals surface area (Å²) in [6, 6.07) is 19.9. The van der Waals surface area contributed by atoms with Crippen molar-refractivity contribution in [3.05, 3.63) is 95.4 Å². The van der Waals surface area contributed by atoms with Crippen LogP contribution in [0.4, 0.5) is 16.0 Å². The van der Waals surface area contributed by atoms with E-state index >= 15 is 0 Å². The average molecular weight is 486 g/mol. The van der Waals surface area contributed by atoms with Gasteiger partial charge in [-0.25, -0.2) is 9.07 Å². The second kappa shape index (κ2) is 9.53. The minimum absolute atomic E-state index is 0.293. The van der Waals surface area contributed by atoms with Crippen molar-refractivity contribution in [1.82, 2.24) is 14.8 Å². The highest BCUT2D eigenvalue weighted by Crippen LogP contribution is 2.41. The maximum Gasteiger partial charge on any atom is 0.255 e. The number of methoxy groups -OCH3 is 2. The van der Waals surface area contributed by atoms with Crippen LogP contribution in [0.3, 0.4) is 0 Å². The highest BCUT2D eigenvalue weighted by atomic mass is 19.1. The first kappa shape index (κ1) is 23.1. The maximum atomic E-state index is 13.6. The Labute approximate surface area is 207 Å². The SMILES string of the molecule is COc1ccc(C2C(C(=O)Nc3ccccc3)=C(C)Nc3nc(-c4ccc(F)cc4)nn32)c(OC)c1. The van der Waals surface area contributed by atoms with Gasteiger partial charge in [0.2, 0.25) is 5.95 Å². The van der Waals surface area contributed by atoms with Crippen LogP contribution >= 0.6 is 0 Å². The number of benzene rings is 3. The lowest BCUT2D eigenvalue weighted by Gasteiger charge is -2.29. The molecule has 182 valence electrons. The summed E-state index contributed by atoms with van der Waals surface area (Å²) in [6.45, 7) is 1.82. The lowest BCUT2D eigenvalue weighted by atomic mass is 9.94. The molecule has 1 amide bonds. The summed E-state index contributed by atoms with van der Waals surface area (Å²) >= 11 is 0. The van der Waals surface area contributed by atoms with Crippen LogP contribution in [0, 0.1) is 5.82 Å². The minimum Gasteiger partial charge on any atom is -0.497 e. The van der Waals surface area contributed by atoms with Gasteiger partial charge in [0.15, 0.2) is 5.82 Å². The number of amides is 1. The molecule has 0 spiro atoms. The van der Waals surface area contributed by atoms with Crippen molar-refractivity contribution in [2.75, 3.05) is 24.9 Å². The second-order valence-corrected chi connectivity index (χ2v) is 8.20. The van der Waals surface area contributed by atoms with Crippen molar-refractivity contribution in [3.8, 4) is 22.9 Å². The zero-order valence-corrected chi connectivity index (χ0v) is 19.9. The van der Waals surface area contributed by atoms with Gasteiger partial charge in [-0.2, -0.15) is 4.98 Å². The Morgan fingerprint density at radius 3 is 2.47 bits per heavy atom. The van der Waals surface area contributed by atoms with Crippen LogP contribution < -0.4 is 20.1 Å². The molecule has 0 aliphatic carbocycles. The van der Waals surface area contributed by atoms with Gasteiger partial charge in [-0.15, -0.1) is 5.10 Å². The normalized spacial score (nSPS) is 14.6. The minimum atomic E-state index is -0.660. The van der Waals surface area contributed by atoms with E-state index < -0.39 is 6.04 Å². The molecular formula is C27H24FN5O3. The maximum absolute atomic E-state index is 13.6. The second-order valence-electron chi connectivity index (χ2n) is 8.20. The molecular weight excluding hydrogens is 461 g/mol. The number of halogens is 1. The number of ether oxygens (including phenoxy) is 2. The molecule has 1 unspecified atom stereocenters. The molecule has 0 saturated heterocycles. The van der Waals surface area contributed by atoms with Crippen LogP contribution in [0.15, 0.2) is 84.1 Å². The Balaban J connectivity index is 1.65. The van der Waals surface area contributed by atoms with E-state index in [1.165, 1.54) is 12.1 Å². The summed E-state index contributed by atoms with van der Waals surface area (Å²) in [4.78, 5) is 18.3. The van der Waals surface area contributed by atoms with Crippen molar-refractivity contribution in [2.24, 2.45) is 0 Å². The van der Waals surface area contributed by atoms with Gasteiger partial charge in [0.25, 0.3) is 5.91 Å². The van der Waals surface area contributed by atoms with Crippen molar-refractivity contribution < 1.29 is 18.7 Å². The van der Waals surface area contributed by atoms with Gasteiger partial charge in [-0.1, -0.05) is 18.2 Å². The first-order chi connectivity index (χ1) is 17.5. The number of fused-ring (bicyclic) bond motifs is 1. The number of allylic oxidation sites excluding steroid dienone is 1. The Bertz CT molecular complexity index is 1450. The van der Waals surface area contributed by atoms with Crippen LogP contribution in [0.2, 0.25) is 0 Å². The molecule has 8 nitrogen and oxygen atoms in total. The van der Waals surface area contributed by atoms with E-state index in [4.69, 9.17) is 14.6 Å². The predicted octanol–water partition coefficient (Wildman–Crippen LogP) is 5.03. The molecule has 4 aromatic rings. The van der Waals surface area contributed by atoms with E-state index in [2.05, 4.69) is 15.6 Å². The molecule has 0 saturated carbocycles. The fourth-order valence-electron chi connectivity index (χ4n) is 4.22. The largest absolute Gasteiger partial charge is 0.497 e. The number of para-hydroxylation sites is 1. The van der Waals surface area contributed by atoms with E-state index in [1.807, 2.05) is 43.3 Å². The van der Waals surface area contributed by atoms with E-state index in [0.29, 0.717) is 51.4 Å². The Kier molecular flexibility index (Phi) is 6.12. The van der Waals surface area contributed by atoms with Crippen molar-refractivity contribution in [2.45, 2.75) is 13.0 Å². The zero-order chi connectivity index (χ0) is 25.2. The number of anilines is 2. The highest BCUT2D eigenvalue weighted by molar-refractivity contribution is 6.06. The Hall–Kier alpha value is -4.66. The summed E-state index contributed by atoms with van der Waals surface area (Å²) in [5.74, 6) is 1.35. The molecule has 1 aliphatic heterocycles. The van der Waals surface area contributed by atoms with Gasteiger partial charge >= 0.3 is 0 Å². The summed E-state index contributed by atoms with van der Waals surface area (Å²) in [5, 5.41) is 10.9. The van der Waals surface area contributed by atoms with Gasteiger partial charge in [-0.05, 0) is 55.5 Å². The van der Waals surface area contributed by atoms with Crippen molar-refractivity contribution in [3.63, 3.8) is 0 Å². The van der Waals surface area contributed by atoms with Crippen molar-refractivity contribution >= 4 is 17.5 Å². The predicted molar refractivity (Wildman–Crippen MR) is 134 cm³/mol. The number of nitrogens with zero attached hydrogens (tertiary/aromatic N) is 3. The molecule has 0 fully saturated rings. The fraction of sp³-hybridized carbons (Fsp3) is 0.148. The Morgan fingerprint density at radius 2 is 1.78 bits per heavy atom. The van der Waals surface area contributed by atoms with Gasteiger partial charge < -0.3 is 20.1 Å². The molecule has 1 aromatic heterocycles. The average Bonchev–Trinajstić information content (AvgIpc) is 3.32. The molecule has 2 heterocycles. The fourth-order valence-corrected chi connectivity index (χ4v) is 4.22.